The molecule has 1 aromatic heterocycles. The van der Waals surface area contributed by atoms with Crippen LogP contribution in [0.2, 0.25) is 0 Å². The van der Waals surface area contributed by atoms with Crippen molar-refractivity contribution in [2.45, 2.75) is 33.6 Å². The van der Waals surface area contributed by atoms with Crippen molar-refractivity contribution in [3.63, 3.8) is 0 Å². The van der Waals surface area contributed by atoms with Crippen LogP contribution in [-0.2, 0) is 9.53 Å². The van der Waals surface area contributed by atoms with E-state index in [-0.39, 0.29) is 18.1 Å². The molecule has 2 rings (SSSR count). The second-order valence-electron chi connectivity index (χ2n) is 6.40. The molecule has 2 aromatic rings. The molecule has 0 fully saturated rings. The maximum absolute atomic E-state index is 12.3. The zero-order valence-corrected chi connectivity index (χ0v) is 16.8. The van der Waals surface area contributed by atoms with Crippen LogP contribution in [-0.4, -0.2) is 25.6 Å². The zero-order chi connectivity index (χ0) is 20.1. The highest BCUT2D eigenvalue weighted by Crippen LogP contribution is 2.33. The van der Waals surface area contributed by atoms with Crippen LogP contribution in [0, 0.1) is 25.2 Å². The van der Waals surface area contributed by atoms with E-state index >= 15 is 0 Å². The van der Waals surface area contributed by atoms with Crippen molar-refractivity contribution in [2.24, 2.45) is 0 Å². The summed E-state index contributed by atoms with van der Waals surface area (Å²) in [6, 6.07) is 7.91. The minimum Gasteiger partial charge on any atom is -0.483 e. The summed E-state index contributed by atoms with van der Waals surface area (Å²) >= 11 is 1.02. The average Bonchev–Trinajstić information content (AvgIpc) is 2.94. The van der Waals surface area contributed by atoms with Crippen molar-refractivity contribution in [1.82, 2.24) is 0 Å². The second-order valence-corrected chi connectivity index (χ2v) is 7.42. The summed E-state index contributed by atoms with van der Waals surface area (Å²) in [6.45, 7) is 7.52. The first-order valence-corrected chi connectivity index (χ1v) is 9.25. The third kappa shape index (κ3) is 4.66. The number of nitriles is 1. The molecule has 0 saturated carbocycles. The number of benzene rings is 1. The lowest BCUT2D eigenvalue weighted by Gasteiger charge is -2.14. The van der Waals surface area contributed by atoms with Crippen molar-refractivity contribution in [3.05, 3.63) is 45.3 Å². The van der Waals surface area contributed by atoms with E-state index in [0.717, 1.165) is 22.5 Å². The number of ether oxygens (including phenoxy) is 2. The van der Waals surface area contributed by atoms with Gasteiger partial charge in [-0.15, -0.1) is 11.3 Å². The van der Waals surface area contributed by atoms with Gasteiger partial charge in [-0.3, -0.25) is 4.79 Å². The van der Waals surface area contributed by atoms with Gasteiger partial charge in [0.2, 0.25) is 0 Å². The molecule has 1 heterocycles. The molecule has 0 saturated heterocycles. The summed E-state index contributed by atoms with van der Waals surface area (Å²) in [6.07, 6.45) is 0. The van der Waals surface area contributed by atoms with Crippen LogP contribution in [0.15, 0.2) is 18.2 Å². The van der Waals surface area contributed by atoms with Crippen LogP contribution in [0.3, 0.4) is 0 Å². The normalized spacial score (nSPS) is 10.4. The maximum Gasteiger partial charge on any atom is 0.348 e. The summed E-state index contributed by atoms with van der Waals surface area (Å²) in [7, 11) is 1.27. The number of carbonyl (C=O) groups excluding carboxylic acids is 2. The van der Waals surface area contributed by atoms with Crippen LogP contribution in [0.4, 0.5) is 5.00 Å². The minimum absolute atomic E-state index is 0.196. The van der Waals surface area contributed by atoms with E-state index in [4.69, 9.17) is 9.47 Å². The van der Waals surface area contributed by atoms with Gasteiger partial charge in [0.25, 0.3) is 5.91 Å². The van der Waals surface area contributed by atoms with Gasteiger partial charge in [-0.05, 0) is 42.5 Å². The molecule has 0 aliphatic heterocycles. The minimum atomic E-state index is -0.535. The van der Waals surface area contributed by atoms with E-state index in [1.165, 1.54) is 7.11 Å². The number of esters is 1. The lowest BCUT2D eigenvalue weighted by atomic mass is 10.0. The highest BCUT2D eigenvalue weighted by Gasteiger charge is 2.22. The lowest BCUT2D eigenvalue weighted by Crippen LogP contribution is -2.20. The van der Waals surface area contributed by atoms with Gasteiger partial charge in [-0.2, -0.15) is 5.26 Å². The Hall–Kier alpha value is -2.85. The van der Waals surface area contributed by atoms with E-state index in [1.54, 1.807) is 6.92 Å². The van der Waals surface area contributed by atoms with Crippen LogP contribution in [0.5, 0.6) is 5.75 Å². The number of methoxy groups -OCH3 is 1. The largest absolute Gasteiger partial charge is 0.483 e. The molecule has 0 aliphatic carbocycles. The first kappa shape index (κ1) is 20.5. The Morgan fingerprint density at radius 3 is 2.59 bits per heavy atom. The fraction of sp³-hybridized carbons (Fsp3) is 0.350. The Morgan fingerprint density at radius 1 is 1.30 bits per heavy atom. The van der Waals surface area contributed by atoms with Gasteiger partial charge in [0.1, 0.15) is 21.7 Å². The second kappa shape index (κ2) is 8.69. The Labute approximate surface area is 162 Å². The Balaban J connectivity index is 2.15. The molecular weight excluding hydrogens is 364 g/mol. The fourth-order valence-corrected chi connectivity index (χ4v) is 3.66. The first-order chi connectivity index (χ1) is 12.8. The first-order valence-electron chi connectivity index (χ1n) is 8.43. The number of amides is 1. The molecule has 0 atom stereocenters. The summed E-state index contributed by atoms with van der Waals surface area (Å²) in [4.78, 5) is 24.4. The molecule has 142 valence electrons. The van der Waals surface area contributed by atoms with E-state index in [1.807, 2.05) is 31.2 Å². The van der Waals surface area contributed by atoms with Gasteiger partial charge in [-0.25, -0.2) is 4.79 Å². The SMILES string of the molecule is COC(=O)c1sc(NC(=O)COc2cc(C)ccc2C(C)C)c(C#N)c1C. The molecule has 0 aliphatic rings. The van der Waals surface area contributed by atoms with Crippen molar-refractivity contribution < 1.29 is 19.1 Å². The smallest absolute Gasteiger partial charge is 0.348 e. The molecule has 6 nitrogen and oxygen atoms in total. The van der Waals surface area contributed by atoms with Gasteiger partial charge >= 0.3 is 5.97 Å². The predicted octanol–water partition coefficient (Wildman–Crippen LogP) is 4.16. The standard InChI is InChI=1S/C20H22N2O4S/c1-11(2)14-7-6-12(3)8-16(14)26-10-17(23)22-19-15(9-21)13(4)18(27-19)20(24)25-5/h6-8,11H,10H2,1-5H3,(H,22,23). The average molecular weight is 386 g/mol. The number of carbonyl (C=O) groups is 2. The highest BCUT2D eigenvalue weighted by atomic mass is 32.1. The summed E-state index contributed by atoms with van der Waals surface area (Å²) in [5.41, 5.74) is 2.81. The number of hydrogen-bond acceptors (Lipinski definition) is 6. The third-order valence-electron chi connectivity index (χ3n) is 4.03. The van der Waals surface area contributed by atoms with Gasteiger partial charge in [0.15, 0.2) is 6.61 Å². The monoisotopic (exact) mass is 386 g/mol. The third-order valence-corrected chi connectivity index (χ3v) is 5.22. The molecule has 0 spiro atoms. The molecule has 0 radical (unpaired) electrons. The molecule has 1 aromatic carbocycles. The van der Waals surface area contributed by atoms with E-state index in [9.17, 15) is 14.9 Å². The van der Waals surface area contributed by atoms with Crippen molar-refractivity contribution in [1.29, 1.82) is 5.26 Å². The molecule has 7 heteroatoms. The highest BCUT2D eigenvalue weighted by molar-refractivity contribution is 7.18. The summed E-state index contributed by atoms with van der Waals surface area (Å²) < 4.78 is 10.4. The zero-order valence-electron chi connectivity index (χ0n) is 16.0. The quantitative estimate of drug-likeness (QED) is 0.753. The number of thiophene rings is 1. The summed E-state index contributed by atoms with van der Waals surface area (Å²) in [5, 5.41) is 12.3. The van der Waals surface area contributed by atoms with Gasteiger partial charge in [0, 0.05) is 0 Å². The van der Waals surface area contributed by atoms with E-state index < -0.39 is 11.9 Å². The van der Waals surface area contributed by atoms with Crippen LogP contribution in [0.25, 0.3) is 0 Å². The van der Waals surface area contributed by atoms with Gasteiger partial charge < -0.3 is 14.8 Å². The van der Waals surface area contributed by atoms with E-state index in [0.29, 0.717) is 21.2 Å². The molecule has 0 bridgehead atoms. The lowest BCUT2D eigenvalue weighted by molar-refractivity contribution is -0.118. The number of hydrogen-bond donors (Lipinski definition) is 1. The van der Waals surface area contributed by atoms with Crippen molar-refractivity contribution >= 4 is 28.2 Å². The molecule has 0 unspecified atom stereocenters. The van der Waals surface area contributed by atoms with Crippen LogP contribution >= 0.6 is 11.3 Å². The summed E-state index contributed by atoms with van der Waals surface area (Å²) in [5.74, 6) is -0.0119. The van der Waals surface area contributed by atoms with E-state index in [2.05, 4.69) is 19.2 Å². The Kier molecular flexibility index (Phi) is 6.59. The van der Waals surface area contributed by atoms with Crippen molar-refractivity contribution in [3.8, 4) is 11.8 Å². The van der Waals surface area contributed by atoms with Gasteiger partial charge in [-0.1, -0.05) is 26.0 Å². The number of anilines is 1. The Bertz CT molecular complexity index is 909. The fourth-order valence-electron chi connectivity index (χ4n) is 2.57. The molecule has 1 N–H and O–H groups in total. The number of nitrogens with one attached hydrogen (secondary N) is 1. The number of aryl methyl sites for hydroxylation is 1. The maximum atomic E-state index is 12.3. The Morgan fingerprint density at radius 2 is 2.00 bits per heavy atom. The van der Waals surface area contributed by atoms with Gasteiger partial charge in [0.05, 0.1) is 12.7 Å². The predicted molar refractivity (Wildman–Crippen MR) is 105 cm³/mol. The molecule has 27 heavy (non-hydrogen) atoms. The molecular formula is C20H22N2O4S. The van der Waals surface area contributed by atoms with Crippen LogP contribution < -0.4 is 10.1 Å². The molecule has 1 amide bonds. The number of nitrogens with zero attached hydrogens (tertiary/aromatic N) is 1. The number of rotatable bonds is 6. The van der Waals surface area contributed by atoms with Crippen molar-refractivity contribution in [2.75, 3.05) is 19.0 Å². The van der Waals surface area contributed by atoms with Crippen LogP contribution in [0.1, 0.15) is 51.7 Å². The topological polar surface area (TPSA) is 88.4 Å².